The van der Waals surface area contributed by atoms with E-state index < -0.39 is 0 Å². The first-order valence-corrected chi connectivity index (χ1v) is 1.93. The molecule has 0 atom stereocenters. The van der Waals surface area contributed by atoms with Crippen molar-refractivity contribution in [3.8, 4) is 0 Å². The number of methoxy groups -OCH3 is 2. The van der Waals surface area contributed by atoms with Crippen LogP contribution in [0.4, 0.5) is 0 Å². The maximum atomic E-state index is 9.52. The van der Waals surface area contributed by atoms with Gasteiger partial charge in [0.25, 0.3) is 0 Å². The largest absolute Gasteiger partial charge is 0.462 e. The van der Waals surface area contributed by atoms with Crippen molar-refractivity contribution in [2.45, 2.75) is 0 Å². The fraction of sp³-hybridized carbons (Fsp3) is 0.400. The Balaban J connectivity index is 4.08. The molecule has 0 amide bonds. The molecular weight excluding hydrogens is 108 g/mol. The molecule has 0 aliphatic rings. The van der Waals surface area contributed by atoms with E-state index >= 15 is 0 Å². The van der Waals surface area contributed by atoms with Gasteiger partial charge in [-0.25, -0.2) is 4.79 Å². The van der Waals surface area contributed by atoms with Crippen LogP contribution in [0.25, 0.3) is 0 Å². The van der Waals surface area contributed by atoms with Crippen molar-refractivity contribution >= 4 is 5.94 Å². The molecule has 0 spiro atoms. The molecule has 8 heavy (non-hydrogen) atoms. The predicted molar refractivity (Wildman–Crippen MR) is 26.7 cm³/mol. The van der Waals surface area contributed by atoms with Crippen LogP contribution in [0.15, 0.2) is 11.7 Å². The monoisotopic (exact) mass is 114 g/mol. The summed E-state index contributed by atoms with van der Waals surface area (Å²) in [7, 11) is 2.76. The molecule has 0 unspecified atom stereocenters. The standard InChI is InChI=1S/C5H6O3/c1-7-5(8-2)3-4-6/h1-2H3. The quantitative estimate of drug-likeness (QED) is 0.290. The van der Waals surface area contributed by atoms with Gasteiger partial charge in [-0.15, -0.1) is 0 Å². The summed E-state index contributed by atoms with van der Waals surface area (Å²) in [4.78, 5) is 9.52. The number of hydrogen-bond acceptors (Lipinski definition) is 3. The predicted octanol–water partition coefficient (Wildman–Crippen LogP) is 0.107. The van der Waals surface area contributed by atoms with E-state index in [-0.39, 0.29) is 5.95 Å². The van der Waals surface area contributed by atoms with E-state index in [1.54, 1.807) is 0 Å². The smallest absolute Gasteiger partial charge is 0.338 e. The molecule has 3 heteroatoms. The van der Waals surface area contributed by atoms with Crippen molar-refractivity contribution in [3.63, 3.8) is 0 Å². The summed E-state index contributed by atoms with van der Waals surface area (Å²) in [5.41, 5.74) is 2.05. The minimum absolute atomic E-state index is 0.0417. The maximum Gasteiger partial charge on any atom is 0.338 e. The van der Waals surface area contributed by atoms with Gasteiger partial charge in [0, 0.05) is 0 Å². The molecule has 0 fully saturated rings. The van der Waals surface area contributed by atoms with Crippen molar-refractivity contribution < 1.29 is 14.3 Å². The zero-order chi connectivity index (χ0) is 6.41. The zero-order valence-corrected chi connectivity index (χ0v) is 4.72. The van der Waals surface area contributed by atoms with Gasteiger partial charge in [0.05, 0.1) is 20.0 Å². The fourth-order valence-corrected chi connectivity index (χ4v) is 0.227. The van der Waals surface area contributed by atoms with Gasteiger partial charge in [0.2, 0.25) is 0 Å². The Morgan fingerprint density at radius 3 is 2.00 bits per heavy atom. The second kappa shape index (κ2) is 4.00. The highest BCUT2D eigenvalue weighted by atomic mass is 16.7. The van der Waals surface area contributed by atoms with Crippen molar-refractivity contribution in [1.82, 2.24) is 0 Å². The van der Waals surface area contributed by atoms with Gasteiger partial charge in [0.1, 0.15) is 0 Å². The third kappa shape index (κ3) is 2.08. The van der Waals surface area contributed by atoms with Crippen molar-refractivity contribution in [2.75, 3.05) is 14.2 Å². The molecule has 0 aromatic heterocycles. The SMILES string of the molecule is COC(=C=C=O)OC. The lowest BCUT2D eigenvalue weighted by Crippen LogP contribution is -1.85. The fourth-order valence-electron chi connectivity index (χ4n) is 0.227. The summed E-state index contributed by atoms with van der Waals surface area (Å²) in [6.07, 6.45) is 0. The van der Waals surface area contributed by atoms with Crippen LogP contribution in [0.3, 0.4) is 0 Å². The van der Waals surface area contributed by atoms with Gasteiger partial charge in [-0.2, -0.15) is 0 Å². The lowest BCUT2D eigenvalue weighted by molar-refractivity contribution is 0.0968. The van der Waals surface area contributed by atoms with Crippen molar-refractivity contribution in [2.24, 2.45) is 0 Å². The van der Waals surface area contributed by atoms with E-state index in [0.717, 1.165) is 0 Å². The summed E-state index contributed by atoms with van der Waals surface area (Å²) in [6.45, 7) is 0. The molecule has 0 radical (unpaired) electrons. The molecule has 0 saturated heterocycles. The minimum Gasteiger partial charge on any atom is -0.462 e. The van der Waals surface area contributed by atoms with Gasteiger partial charge in [-0.1, -0.05) is 0 Å². The van der Waals surface area contributed by atoms with Gasteiger partial charge in [-0.3, -0.25) is 0 Å². The summed E-state index contributed by atoms with van der Waals surface area (Å²) in [5, 5.41) is 0. The lowest BCUT2D eigenvalue weighted by atomic mass is 10.8. The maximum absolute atomic E-state index is 9.52. The molecule has 0 aliphatic heterocycles. The lowest BCUT2D eigenvalue weighted by Gasteiger charge is -1.95. The van der Waals surface area contributed by atoms with Crippen LogP contribution in [0, 0.1) is 0 Å². The summed E-state index contributed by atoms with van der Waals surface area (Å²) >= 11 is 0. The number of rotatable bonds is 2. The number of carbonyl (C=O) groups excluding carboxylic acids is 1. The highest BCUT2D eigenvalue weighted by Crippen LogP contribution is 1.87. The normalized spacial score (nSPS) is 6.25. The van der Waals surface area contributed by atoms with Crippen LogP contribution in [0.1, 0.15) is 0 Å². The molecule has 44 valence electrons. The Morgan fingerprint density at radius 2 is 1.88 bits per heavy atom. The highest BCUT2D eigenvalue weighted by Gasteiger charge is 1.84. The molecule has 0 N–H and O–H groups in total. The third-order valence-electron chi connectivity index (χ3n) is 0.524. The average Bonchev–Trinajstić information content (AvgIpc) is 1.83. The van der Waals surface area contributed by atoms with Crippen LogP contribution < -0.4 is 0 Å². The third-order valence-corrected chi connectivity index (χ3v) is 0.524. The number of hydrogen-bond donors (Lipinski definition) is 0. The van der Waals surface area contributed by atoms with Crippen LogP contribution in [0.5, 0.6) is 0 Å². The molecule has 0 rings (SSSR count). The highest BCUT2D eigenvalue weighted by molar-refractivity contribution is 5.43. The summed E-state index contributed by atoms with van der Waals surface area (Å²) in [5.74, 6) is 1.42. The Labute approximate surface area is 47.2 Å². The van der Waals surface area contributed by atoms with E-state index in [1.807, 2.05) is 5.73 Å². The Morgan fingerprint density at radius 1 is 1.38 bits per heavy atom. The Bertz CT molecular complexity index is 132. The molecule has 0 aromatic carbocycles. The molecule has 0 aliphatic carbocycles. The van der Waals surface area contributed by atoms with Crippen LogP contribution >= 0.6 is 0 Å². The summed E-state index contributed by atoms with van der Waals surface area (Å²) < 4.78 is 8.92. The number of ether oxygens (including phenoxy) is 2. The first-order chi connectivity index (χ1) is 3.85. The topological polar surface area (TPSA) is 35.5 Å². The van der Waals surface area contributed by atoms with Crippen molar-refractivity contribution in [3.05, 3.63) is 11.7 Å². The minimum atomic E-state index is 0.0417. The average molecular weight is 114 g/mol. The van der Waals surface area contributed by atoms with Crippen LogP contribution in [-0.4, -0.2) is 20.2 Å². The van der Waals surface area contributed by atoms with E-state index in [2.05, 4.69) is 9.47 Å². The molecular formula is C5H6O3. The van der Waals surface area contributed by atoms with E-state index in [0.29, 0.717) is 0 Å². The summed E-state index contributed by atoms with van der Waals surface area (Å²) in [6, 6.07) is 0. The van der Waals surface area contributed by atoms with E-state index in [1.165, 1.54) is 20.2 Å². The Hall–Kier alpha value is -1.17. The van der Waals surface area contributed by atoms with Crippen LogP contribution in [-0.2, 0) is 14.3 Å². The van der Waals surface area contributed by atoms with Gasteiger partial charge >= 0.3 is 5.95 Å². The molecule has 0 saturated carbocycles. The van der Waals surface area contributed by atoms with Gasteiger partial charge < -0.3 is 9.47 Å². The Kier molecular flexibility index (Phi) is 3.42. The second-order valence-corrected chi connectivity index (χ2v) is 0.923. The first-order valence-electron chi connectivity index (χ1n) is 1.93. The van der Waals surface area contributed by atoms with Gasteiger partial charge in [0.15, 0.2) is 5.94 Å². The molecule has 0 heterocycles. The van der Waals surface area contributed by atoms with Crippen molar-refractivity contribution in [1.29, 1.82) is 0 Å². The van der Waals surface area contributed by atoms with Crippen LogP contribution in [0.2, 0.25) is 0 Å². The molecule has 0 bridgehead atoms. The van der Waals surface area contributed by atoms with E-state index in [9.17, 15) is 4.79 Å². The molecule has 3 nitrogen and oxygen atoms in total. The zero-order valence-electron chi connectivity index (χ0n) is 4.72. The second-order valence-electron chi connectivity index (χ2n) is 0.923. The van der Waals surface area contributed by atoms with E-state index in [4.69, 9.17) is 0 Å². The first kappa shape index (κ1) is 6.83. The molecule has 0 aromatic rings. The van der Waals surface area contributed by atoms with Gasteiger partial charge in [-0.05, 0) is 0 Å².